The van der Waals surface area contributed by atoms with Crippen molar-refractivity contribution in [2.24, 2.45) is 28.6 Å². The number of nitrogens with one attached hydrogen (secondary N) is 1. The zero-order chi connectivity index (χ0) is 21.1. The predicted octanol–water partition coefficient (Wildman–Crippen LogP) is 3.76. The highest BCUT2D eigenvalue weighted by Crippen LogP contribution is 2.63. The summed E-state index contributed by atoms with van der Waals surface area (Å²) in [5.74, 6) is -1.52. The summed E-state index contributed by atoms with van der Waals surface area (Å²) in [4.78, 5) is 35.6. The smallest absolute Gasteiger partial charge is 0.302 e. The van der Waals surface area contributed by atoms with Crippen molar-refractivity contribution in [3.63, 3.8) is 0 Å². The molecular formula is C23H28FNO4. The molecule has 29 heavy (non-hydrogen) atoms. The summed E-state index contributed by atoms with van der Waals surface area (Å²) >= 11 is 0. The van der Waals surface area contributed by atoms with Crippen LogP contribution in [0.15, 0.2) is 35.3 Å². The predicted molar refractivity (Wildman–Crippen MR) is 105 cm³/mol. The number of carbonyl (C=O) groups excluding carboxylic acids is 3. The molecule has 5 nitrogen and oxygen atoms in total. The number of ketones is 1. The molecule has 1 amide bonds. The van der Waals surface area contributed by atoms with Gasteiger partial charge in [-0.2, -0.15) is 0 Å². The summed E-state index contributed by atoms with van der Waals surface area (Å²) in [6.07, 6.45) is 8.93. The van der Waals surface area contributed by atoms with Gasteiger partial charge < -0.3 is 10.1 Å². The van der Waals surface area contributed by atoms with Crippen molar-refractivity contribution in [1.82, 2.24) is 5.32 Å². The van der Waals surface area contributed by atoms with Crippen LogP contribution in [0.2, 0.25) is 0 Å². The lowest BCUT2D eigenvalue weighted by Gasteiger charge is -2.54. The number of hydrogen-bond donors (Lipinski definition) is 1. The number of fused-ring (bicyclic) bond motifs is 5. The first-order valence-electron chi connectivity index (χ1n) is 10.4. The van der Waals surface area contributed by atoms with Gasteiger partial charge in [-0.3, -0.25) is 14.4 Å². The van der Waals surface area contributed by atoms with Gasteiger partial charge in [0.25, 0.3) is 0 Å². The summed E-state index contributed by atoms with van der Waals surface area (Å²) in [5, 5.41) is 2.57. The highest BCUT2D eigenvalue weighted by molar-refractivity contribution is 6.10. The summed E-state index contributed by atoms with van der Waals surface area (Å²) in [7, 11) is 0. The van der Waals surface area contributed by atoms with E-state index in [2.05, 4.69) is 18.3 Å². The highest BCUT2D eigenvalue weighted by atomic mass is 19.1. The van der Waals surface area contributed by atoms with Crippen molar-refractivity contribution in [2.75, 3.05) is 0 Å². The Morgan fingerprint density at radius 2 is 1.90 bits per heavy atom. The van der Waals surface area contributed by atoms with Crippen LogP contribution in [0.3, 0.4) is 0 Å². The Kier molecular flexibility index (Phi) is 4.59. The summed E-state index contributed by atoms with van der Waals surface area (Å²) in [6.45, 7) is 6.96. The number of esters is 1. The molecule has 2 saturated carbocycles. The van der Waals surface area contributed by atoms with Gasteiger partial charge in [-0.15, -0.1) is 0 Å². The van der Waals surface area contributed by atoms with Gasteiger partial charge in [-0.25, -0.2) is 4.39 Å². The van der Waals surface area contributed by atoms with E-state index < -0.39 is 17.0 Å². The maximum atomic E-state index is 14.6. The minimum absolute atomic E-state index is 0.0623. The monoisotopic (exact) mass is 401 g/mol. The fourth-order valence-corrected chi connectivity index (χ4v) is 6.50. The number of carbonyl (C=O) groups is 3. The standard InChI is InChI=1S/C23H28FNO4/c1-12(26)25-20-17-6-5-14-15-7-8-19(29-13(2)27)22(15,3)10-9-16(14)23(17,4)11-18(24)21(20)28/h5-6,11,14-16,19H,7-10H2,1-4H3,(H,25,26)/t14-,15-,16-,19-,22-,23+/m0/s1. The van der Waals surface area contributed by atoms with Crippen molar-refractivity contribution in [3.8, 4) is 0 Å². The molecule has 2 fully saturated rings. The zero-order valence-electron chi connectivity index (χ0n) is 17.4. The molecule has 0 aromatic carbocycles. The van der Waals surface area contributed by atoms with E-state index in [1.165, 1.54) is 19.9 Å². The van der Waals surface area contributed by atoms with Gasteiger partial charge in [0.15, 0.2) is 5.83 Å². The van der Waals surface area contributed by atoms with E-state index in [0.717, 1.165) is 25.7 Å². The fraction of sp³-hybridized carbons (Fsp3) is 0.609. The molecular weight excluding hydrogens is 373 g/mol. The third-order valence-corrected chi connectivity index (χ3v) is 7.83. The van der Waals surface area contributed by atoms with E-state index in [4.69, 9.17) is 4.74 Å². The molecule has 1 N–H and O–H groups in total. The van der Waals surface area contributed by atoms with Gasteiger partial charge in [0.2, 0.25) is 11.7 Å². The molecule has 0 heterocycles. The molecule has 0 aromatic rings. The molecule has 6 heteroatoms. The van der Waals surface area contributed by atoms with Crippen molar-refractivity contribution >= 4 is 17.7 Å². The second-order valence-electron chi connectivity index (χ2n) is 9.44. The van der Waals surface area contributed by atoms with Gasteiger partial charge in [-0.05, 0) is 55.1 Å². The van der Waals surface area contributed by atoms with Crippen LogP contribution in [-0.2, 0) is 19.1 Å². The SMILES string of the molecule is CC(=O)NC1=C2C=C[C@H]3[C@@H]4CC[C@H](OC(C)=O)[C@@]4(C)CC[C@@H]3[C@@]2(C)C=C(F)C1=O. The first kappa shape index (κ1) is 20.0. The van der Waals surface area contributed by atoms with Crippen LogP contribution in [0, 0.1) is 28.6 Å². The Bertz CT molecular complexity index is 887. The molecule has 0 unspecified atom stereocenters. The number of ether oxygens (including phenoxy) is 1. The highest BCUT2D eigenvalue weighted by Gasteiger charge is 2.59. The van der Waals surface area contributed by atoms with Gasteiger partial charge >= 0.3 is 5.97 Å². The van der Waals surface area contributed by atoms with Crippen LogP contribution in [0.5, 0.6) is 0 Å². The molecule has 156 valence electrons. The van der Waals surface area contributed by atoms with E-state index >= 15 is 0 Å². The molecule has 0 radical (unpaired) electrons. The molecule has 6 atom stereocenters. The minimum atomic E-state index is -0.799. The summed E-state index contributed by atoms with van der Waals surface area (Å²) in [6, 6.07) is 0. The van der Waals surface area contributed by atoms with Gasteiger partial charge in [-0.1, -0.05) is 26.0 Å². The lowest BCUT2D eigenvalue weighted by molar-refractivity contribution is -0.155. The molecule has 0 aromatic heterocycles. The Morgan fingerprint density at radius 3 is 2.55 bits per heavy atom. The molecule has 4 rings (SSSR count). The van der Waals surface area contributed by atoms with E-state index in [9.17, 15) is 18.8 Å². The first-order chi connectivity index (χ1) is 13.6. The van der Waals surface area contributed by atoms with E-state index in [-0.39, 0.29) is 40.9 Å². The maximum Gasteiger partial charge on any atom is 0.302 e. The molecule has 0 bridgehead atoms. The summed E-state index contributed by atoms with van der Waals surface area (Å²) in [5.41, 5.74) is 0.00333. The van der Waals surface area contributed by atoms with Crippen LogP contribution in [0.4, 0.5) is 4.39 Å². The topological polar surface area (TPSA) is 72.5 Å². The second kappa shape index (κ2) is 6.64. The van der Waals surface area contributed by atoms with Gasteiger partial charge in [0, 0.05) is 24.7 Å². The van der Waals surface area contributed by atoms with Crippen molar-refractivity contribution in [3.05, 3.63) is 35.3 Å². The van der Waals surface area contributed by atoms with Crippen LogP contribution in [0.1, 0.15) is 53.4 Å². The first-order valence-corrected chi connectivity index (χ1v) is 10.4. The largest absolute Gasteiger partial charge is 0.462 e. The van der Waals surface area contributed by atoms with E-state index in [1.54, 1.807) is 0 Å². The number of allylic oxidation sites excluding steroid dienone is 5. The number of halogens is 1. The lowest BCUT2D eigenvalue weighted by atomic mass is 9.50. The third-order valence-electron chi connectivity index (χ3n) is 7.83. The van der Waals surface area contributed by atoms with Crippen LogP contribution in [0.25, 0.3) is 0 Å². The minimum Gasteiger partial charge on any atom is -0.462 e. The Hall–Kier alpha value is -2.24. The van der Waals surface area contributed by atoms with Gasteiger partial charge in [0.1, 0.15) is 6.10 Å². The average Bonchev–Trinajstić information content (AvgIpc) is 2.94. The number of rotatable bonds is 2. The van der Waals surface area contributed by atoms with Crippen molar-refractivity contribution in [2.45, 2.75) is 59.5 Å². The maximum absolute atomic E-state index is 14.6. The number of amides is 1. The van der Waals surface area contributed by atoms with Crippen molar-refractivity contribution in [1.29, 1.82) is 0 Å². The lowest BCUT2D eigenvalue weighted by Crippen LogP contribution is -2.50. The third kappa shape index (κ3) is 2.90. The van der Waals surface area contributed by atoms with E-state index in [0.29, 0.717) is 11.5 Å². The second-order valence-corrected chi connectivity index (χ2v) is 9.44. The Labute approximate surface area is 170 Å². The molecule has 0 aliphatic heterocycles. The quantitative estimate of drug-likeness (QED) is 0.715. The molecule has 0 spiro atoms. The van der Waals surface area contributed by atoms with Crippen LogP contribution < -0.4 is 5.32 Å². The van der Waals surface area contributed by atoms with Crippen LogP contribution in [-0.4, -0.2) is 23.8 Å². The number of Topliss-reactive ketones (excluding diaryl/α,β-unsaturated/α-hetero) is 1. The number of hydrogen-bond acceptors (Lipinski definition) is 4. The normalized spacial score (nSPS) is 40.6. The molecule has 4 aliphatic carbocycles. The fourth-order valence-electron chi connectivity index (χ4n) is 6.50. The van der Waals surface area contributed by atoms with E-state index in [1.807, 2.05) is 13.0 Å². The average molecular weight is 401 g/mol. The van der Waals surface area contributed by atoms with Crippen LogP contribution >= 0.6 is 0 Å². The molecule has 4 aliphatic rings. The Balaban J connectivity index is 1.75. The van der Waals surface area contributed by atoms with Gasteiger partial charge in [0.05, 0.1) is 5.70 Å². The Morgan fingerprint density at radius 1 is 1.17 bits per heavy atom. The molecule has 0 saturated heterocycles. The summed E-state index contributed by atoms with van der Waals surface area (Å²) < 4.78 is 20.3. The zero-order valence-corrected chi connectivity index (χ0v) is 17.4. The van der Waals surface area contributed by atoms with Crippen molar-refractivity contribution < 1.29 is 23.5 Å².